The topological polar surface area (TPSA) is 69.6 Å². The Hall–Kier alpha value is -3.78. The first-order valence-electron chi connectivity index (χ1n) is 9.47. The largest absolute Gasteiger partial charge is 0.506 e. The van der Waals surface area contributed by atoms with Gasteiger partial charge >= 0.3 is 0 Å². The van der Waals surface area contributed by atoms with Gasteiger partial charge in [0.2, 0.25) is 5.91 Å². The van der Waals surface area contributed by atoms with E-state index in [0.29, 0.717) is 29.6 Å². The molecule has 0 saturated carbocycles. The third-order valence-corrected chi connectivity index (χ3v) is 5.24. The number of likely N-dealkylation sites (tertiary alicyclic amines) is 1. The van der Waals surface area contributed by atoms with Gasteiger partial charge in [-0.15, -0.1) is 6.42 Å². The van der Waals surface area contributed by atoms with Crippen LogP contribution in [0.25, 0.3) is 10.8 Å². The molecule has 1 saturated heterocycles. The smallest absolute Gasteiger partial charge is 0.258 e. The number of nitrogens with one attached hydrogen (secondary N) is 1. The standard InChI is InChI=1S/C24H20N2O3/c1-2-16-7-5-9-18(15-16)25-23(28)21-11-6-14-26(21)24(29)20-13-12-17-8-3-4-10-19(17)22(20)27/h1,3-5,7-10,12-13,15,21,27H,6,11,14H2,(H,25,28)/t21-/m1/s1. The number of phenolic OH excluding ortho intramolecular Hbond substituents is 1. The van der Waals surface area contributed by atoms with Gasteiger partial charge in [0.25, 0.3) is 5.91 Å². The minimum atomic E-state index is -0.595. The Morgan fingerprint density at radius 1 is 1.10 bits per heavy atom. The van der Waals surface area contributed by atoms with Gasteiger partial charge in [-0.1, -0.05) is 42.3 Å². The monoisotopic (exact) mass is 384 g/mol. The van der Waals surface area contributed by atoms with Crippen molar-refractivity contribution in [1.82, 2.24) is 4.90 Å². The Balaban J connectivity index is 1.58. The average Bonchev–Trinajstić information content (AvgIpc) is 3.24. The highest BCUT2D eigenvalue weighted by Crippen LogP contribution is 2.31. The maximum absolute atomic E-state index is 13.1. The van der Waals surface area contributed by atoms with E-state index in [1.165, 1.54) is 4.90 Å². The van der Waals surface area contributed by atoms with Gasteiger partial charge in [0.15, 0.2) is 0 Å². The summed E-state index contributed by atoms with van der Waals surface area (Å²) in [7, 11) is 0. The van der Waals surface area contributed by atoms with Crippen LogP contribution in [0, 0.1) is 12.3 Å². The fourth-order valence-electron chi connectivity index (χ4n) is 3.78. The number of hydrogen-bond donors (Lipinski definition) is 2. The lowest BCUT2D eigenvalue weighted by Gasteiger charge is -2.24. The molecule has 29 heavy (non-hydrogen) atoms. The number of hydrogen-bond acceptors (Lipinski definition) is 3. The van der Waals surface area contributed by atoms with Crippen molar-refractivity contribution >= 4 is 28.3 Å². The predicted molar refractivity (Wildman–Crippen MR) is 113 cm³/mol. The summed E-state index contributed by atoms with van der Waals surface area (Å²) in [6.07, 6.45) is 6.71. The predicted octanol–water partition coefficient (Wildman–Crippen LogP) is 3.77. The molecule has 2 amide bonds. The minimum absolute atomic E-state index is 0.0547. The number of carbonyl (C=O) groups is 2. The highest BCUT2D eigenvalue weighted by Gasteiger charge is 2.35. The maximum Gasteiger partial charge on any atom is 0.258 e. The molecule has 1 aliphatic heterocycles. The lowest BCUT2D eigenvalue weighted by atomic mass is 10.0. The van der Waals surface area contributed by atoms with E-state index < -0.39 is 6.04 Å². The average molecular weight is 384 g/mol. The molecule has 5 nitrogen and oxygen atoms in total. The number of rotatable bonds is 3. The molecule has 0 unspecified atom stereocenters. The van der Waals surface area contributed by atoms with Crippen molar-refractivity contribution in [2.45, 2.75) is 18.9 Å². The summed E-state index contributed by atoms with van der Waals surface area (Å²) in [5, 5.41) is 14.9. The molecular weight excluding hydrogens is 364 g/mol. The third kappa shape index (κ3) is 3.53. The molecule has 1 atom stereocenters. The third-order valence-electron chi connectivity index (χ3n) is 5.24. The summed E-state index contributed by atoms with van der Waals surface area (Å²) in [5.74, 6) is 1.88. The minimum Gasteiger partial charge on any atom is -0.506 e. The zero-order chi connectivity index (χ0) is 20.4. The second-order valence-electron chi connectivity index (χ2n) is 7.05. The van der Waals surface area contributed by atoms with Gasteiger partial charge in [0.1, 0.15) is 11.8 Å². The molecule has 1 fully saturated rings. The van der Waals surface area contributed by atoms with Crippen LogP contribution < -0.4 is 5.32 Å². The van der Waals surface area contributed by atoms with E-state index >= 15 is 0 Å². The molecule has 4 rings (SSSR count). The van der Waals surface area contributed by atoms with E-state index in [2.05, 4.69) is 11.2 Å². The van der Waals surface area contributed by atoms with Crippen molar-refractivity contribution in [2.24, 2.45) is 0 Å². The Morgan fingerprint density at radius 3 is 2.76 bits per heavy atom. The molecule has 3 aromatic carbocycles. The summed E-state index contributed by atoms with van der Waals surface area (Å²) < 4.78 is 0. The SMILES string of the molecule is C#Cc1cccc(NC(=O)[C@H]2CCCN2C(=O)c2ccc3ccccc3c2O)c1. The fourth-order valence-corrected chi connectivity index (χ4v) is 3.78. The van der Waals surface area contributed by atoms with Gasteiger partial charge in [-0.2, -0.15) is 0 Å². The van der Waals surface area contributed by atoms with Crippen LogP contribution in [0.15, 0.2) is 60.7 Å². The Kier molecular flexibility index (Phi) is 4.92. The van der Waals surface area contributed by atoms with E-state index in [-0.39, 0.29) is 23.1 Å². The van der Waals surface area contributed by atoms with Gasteiger partial charge < -0.3 is 15.3 Å². The summed E-state index contributed by atoms with van der Waals surface area (Å²) in [6, 6.07) is 17.2. The van der Waals surface area contributed by atoms with Gasteiger partial charge in [0, 0.05) is 23.2 Å². The Bertz CT molecular complexity index is 1150. The highest BCUT2D eigenvalue weighted by atomic mass is 16.3. The summed E-state index contributed by atoms with van der Waals surface area (Å²) in [6.45, 7) is 0.466. The van der Waals surface area contributed by atoms with Gasteiger partial charge in [-0.05, 0) is 42.5 Å². The maximum atomic E-state index is 13.1. The van der Waals surface area contributed by atoms with Crippen LogP contribution >= 0.6 is 0 Å². The molecule has 5 heteroatoms. The van der Waals surface area contributed by atoms with E-state index in [1.54, 1.807) is 42.5 Å². The molecule has 1 heterocycles. The van der Waals surface area contributed by atoms with Gasteiger partial charge in [-0.3, -0.25) is 9.59 Å². The van der Waals surface area contributed by atoms with Gasteiger partial charge in [0.05, 0.1) is 5.56 Å². The molecule has 0 aliphatic carbocycles. The van der Waals surface area contributed by atoms with Crippen LogP contribution in [-0.4, -0.2) is 34.4 Å². The first-order chi connectivity index (χ1) is 14.1. The van der Waals surface area contributed by atoms with Crippen molar-refractivity contribution in [3.05, 3.63) is 71.8 Å². The van der Waals surface area contributed by atoms with Crippen molar-refractivity contribution < 1.29 is 14.7 Å². The number of anilines is 1. The van der Waals surface area contributed by atoms with E-state index in [1.807, 2.05) is 18.2 Å². The van der Waals surface area contributed by atoms with E-state index in [9.17, 15) is 14.7 Å². The summed E-state index contributed by atoms with van der Waals surface area (Å²) >= 11 is 0. The quantitative estimate of drug-likeness (QED) is 0.676. The van der Waals surface area contributed by atoms with Crippen LogP contribution in [0.5, 0.6) is 5.75 Å². The first kappa shape index (κ1) is 18.6. The second-order valence-corrected chi connectivity index (χ2v) is 7.05. The molecule has 144 valence electrons. The Morgan fingerprint density at radius 2 is 1.93 bits per heavy atom. The second kappa shape index (κ2) is 7.69. The number of nitrogens with zero attached hydrogens (tertiary/aromatic N) is 1. The van der Waals surface area contributed by atoms with Crippen LogP contribution in [0.4, 0.5) is 5.69 Å². The molecular formula is C24H20N2O3. The molecule has 2 N–H and O–H groups in total. The van der Waals surface area contributed by atoms with Crippen molar-refractivity contribution in [2.75, 3.05) is 11.9 Å². The van der Waals surface area contributed by atoms with Crippen LogP contribution in [0.3, 0.4) is 0 Å². The molecule has 3 aromatic rings. The molecule has 0 bridgehead atoms. The summed E-state index contributed by atoms with van der Waals surface area (Å²) in [4.78, 5) is 27.5. The lowest BCUT2D eigenvalue weighted by Crippen LogP contribution is -2.43. The molecule has 0 aromatic heterocycles. The molecule has 1 aliphatic rings. The summed E-state index contributed by atoms with van der Waals surface area (Å²) in [5.41, 5.74) is 1.47. The van der Waals surface area contributed by atoms with Gasteiger partial charge in [-0.25, -0.2) is 0 Å². The zero-order valence-electron chi connectivity index (χ0n) is 15.8. The Labute approximate surface area is 169 Å². The van der Waals surface area contributed by atoms with Crippen molar-refractivity contribution in [3.8, 4) is 18.1 Å². The number of amides is 2. The normalized spacial score (nSPS) is 15.8. The number of aromatic hydroxyl groups is 1. The number of phenols is 1. The number of fused-ring (bicyclic) bond motifs is 1. The van der Waals surface area contributed by atoms with E-state index in [4.69, 9.17) is 6.42 Å². The number of benzene rings is 3. The number of carbonyl (C=O) groups excluding carboxylic acids is 2. The molecule has 0 spiro atoms. The zero-order valence-corrected chi connectivity index (χ0v) is 15.8. The first-order valence-corrected chi connectivity index (χ1v) is 9.47. The number of terminal acetylenes is 1. The lowest BCUT2D eigenvalue weighted by molar-refractivity contribution is -0.119. The van der Waals surface area contributed by atoms with Crippen LogP contribution in [0.1, 0.15) is 28.8 Å². The van der Waals surface area contributed by atoms with Crippen molar-refractivity contribution in [3.63, 3.8) is 0 Å². The van der Waals surface area contributed by atoms with Crippen LogP contribution in [0.2, 0.25) is 0 Å². The highest BCUT2D eigenvalue weighted by molar-refractivity contribution is 6.06. The van der Waals surface area contributed by atoms with Crippen molar-refractivity contribution in [1.29, 1.82) is 0 Å². The molecule has 0 radical (unpaired) electrons. The van der Waals surface area contributed by atoms with Crippen LogP contribution in [-0.2, 0) is 4.79 Å². The fraction of sp³-hybridized carbons (Fsp3) is 0.167. The van der Waals surface area contributed by atoms with E-state index in [0.717, 1.165) is 11.8 Å².